The van der Waals surface area contributed by atoms with Crippen LogP contribution in [0.15, 0.2) is 29.1 Å². The number of rotatable bonds is 4. The molecule has 1 aliphatic rings. The first-order valence-corrected chi connectivity index (χ1v) is 8.66. The highest BCUT2D eigenvalue weighted by molar-refractivity contribution is 5.75. The van der Waals surface area contributed by atoms with Gasteiger partial charge in [0.05, 0.1) is 6.54 Å². The average molecular weight is 339 g/mol. The van der Waals surface area contributed by atoms with Gasteiger partial charge in [-0.3, -0.25) is 4.79 Å². The van der Waals surface area contributed by atoms with Gasteiger partial charge in [0.15, 0.2) is 0 Å². The fourth-order valence-electron chi connectivity index (χ4n) is 3.21. The third-order valence-electron chi connectivity index (χ3n) is 4.99. The molecule has 2 amide bonds. The van der Waals surface area contributed by atoms with Crippen molar-refractivity contribution in [1.29, 1.82) is 0 Å². The summed E-state index contributed by atoms with van der Waals surface area (Å²) in [7, 11) is 0. The molecule has 0 radical (unpaired) electrons. The molecule has 0 unspecified atom stereocenters. The number of nitrogens with one attached hydrogen (secondary N) is 3. The molecule has 0 bridgehead atoms. The Balaban J connectivity index is 1.54. The molecule has 0 aliphatic heterocycles. The molecular formula is C20H25N3O2. The van der Waals surface area contributed by atoms with Gasteiger partial charge in [-0.05, 0) is 62.4 Å². The number of aromatic nitrogens is 1. The molecule has 1 aromatic carbocycles. The van der Waals surface area contributed by atoms with Crippen LogP contribution < -0.4 is 16.2 Å². The Hall–Kier alpha value is -2.56. The molecule has 1 aromatic heterocycles. The van der Waals surface area contributed by atoms with Crippen molar-refractivity contribution in [1.82, 2.24) is 15.6 Å². The largest absolute Gasteiger partial charge is 0.335 e. The zero-order valence-corrected chi connectivity index (χ0v) is 15.2. The van der Waals surface area contributed by atoms with Crippen molar-refractivity contribution in [2.75, 3.05) is 0 Å². The van der Waals surface area contributed by atoms with Crippen molar-refractivity contribution < 1.29 is 4.79 Å². The van der Waals surface area contributed by atoms with Gasteiger partial charge in [-0.2, -0.15) is 0 Å². The van der Waals surface area contributed by atoms with E-state index in [1.807, 2.05) is 19.9 Å². The summed E-state index contributed by atoms with van der Waals surface area (Å²) >= 11 is 0. The average Bonchev–Trinajstić information content (AvgIpc) is 3.28. The molecule has 1 aliphatic carbocycles. The Bertz CT molecular complexity index is 870. The lowest BCUT2D eigenvalue weighted by Gasteiger charge is -2.10. The van der Waals surface area contributed by atoms with E-state index >= 15 is 0 Å². The first kappa shape index (κ1) is 17.3. The number of pyridine rings is 1. The molecule has 1 saturated carbocycles. The summed E-state index contributed by atoms with van der Waals surface area (Å²) in [5.41, 5.74) is 6.01. The smallest absolute Gasteiger partial charge is 0.315 e. The summed E-state index contributed by atoms with van der Waals surface area (Å²) in [6.45, 7) is 8.17. The van der Waals surface area contributed by atoms with E-state index in [1.54, 1.807) is 0 Å². The number of urea groups is 1. The molecule has 3 rings (SSSR count). The molecule has 0 saturated heterocycles. The number of H-pyrrole nitrogens is 1. The lowest BCUT2D eigenvalue weighted by Crippen LogP contribution is -2.38. The van der Waals surface area contributed by atoms with E-state index in [1.165, 1.54) is 16.7 Å². The maximum Gasteiger partial charge on any atom is 0.315 e. The van der Waals surface area contributed by atoms with Crippen LogP contribution in [0.25, 0.3) is 0 Å². The van der Waals surface area contributed by atoms with Crippen LogP contribution in [0.1, 0.15) is 45.8 Å². The maximum absolute atomic E-state index is 12.1. The Kier molecular flexibility index (Phi) is 4.66. The van der Waals surface area contributed by atoms with E-state index in [0.717, 1.165) is 17.7 Å². The predicted octanol–water partition coefficient (Wildman–Crippen LogP) is 2.96. The second kappa shape index (κ2) is 6.75. The van der Waals surface area contributed by atoms with E-state index in [-0.39, 0.29) is 24.2 Å². The van der Waals surface area contributed by atoms with Crippen LogP contribution in [0.5, 0.6) is 0 Å². The van der Waals surface area contributed by atoms with Gasteiger partial charge in [0.25, 0.3) is 5.56 Å². The van der Waals surface area contributed by atoms with Crippen LogP contribution in [-0.4, -0.2) is 17.1 Å². The van der Waals surface area contributed by atoms with Gasteiger partial charge >= 0.3 is 6.03 Å². The van der Waals surface area contributed by atoms with Crippen molar-refractivity contribution in [2.45, 2.75) is 52.6 Å². The summed E-state index contributed by atoms with van der Waals surface area (Å²) in [6, 6.07) is 8.33. The third-order valence-corrected chi connectivity index (χ3v) is 4.99. The lowest BCUT2D eigenvalue weighted by atomic mass is 10.0. The molecule has 2 atom stereocenters. The van der Waals surface area contributed by atoms with Crippen molar-refractivity contribution >= 4 is 6.03 Å². The second-order valence-electron chi connectivity index (χ2n) is 7.06. The normalized spacial score (nSPS) is 18.7. The number of carbonyl (C=O) groups excluding carboxylic acids is 1. The topological polar surface area (TPSA) is 74.0 Å². The van der Waals surface area contributed by atoms with Crippen molar-refractivity contribution in [3.63, 3.8) is 0 Å². The minimum absolute atomic E-state index is 0.141. The van der Waals surface area contributed by atoms with Gasteiger partial charge in [-0.25, -0.2) is 4.79 Å². The van der Waals surface area contributed by atoms with Gasteiger partial charge in [0.1, 0.15) is 0 Å². The number of aromatic amines is 1. The van der Waals surface area contributed by atoms with E-state index in [4.69, 9.17) is 0 Å². The molecule has 0 spiro atoms. The highest BCUT2D eigenvalue weighted by atomic mass is 16.2. The van der Waals surface area contributed by atoms with Crippen LogP contribution >= 0.6 is 0 Å². The molecular weight excluding hydrogens is 314 g/mol. The van der Waals surface area contributed by atoms with Crippen LogP contribution in [0.3, 0.4) is 0 Å². The zero-order valence-electron chi connectivity index (χ0n) is 15.2. The summed E-state index contributed by atoms with van der Waals surface area (Å²) < 4.78 is 0. The lowest BCUT2D eigenvalue weighted by molar-refractivity contribution is 0.240. The Morgan fingerprint density at radius 3 is 2.56 bits per heavy atom. The van der Waals surface area contributed by atoms with Crippen LogP contribution in [0.2, 0.25) is 0 Å². The van der Waals surface area contributed by atoms with E-state index < -0.39 is 0 Å². The van der Waals surface area contributed by atoms with Crippen molar-refractivity contribution in [3.05, 3.63) is 68.1 Å². The van der Waals surface area contributed by atoms with Gasteiger partial charge in [0, 0.05) is 23.2 Å². The molecule has 25 heavy (non-hydrogen) atoms. The minimum Gasteiger partial charge on any atom is -0.335 e. The Morgan fingerprint density at radius 1 is 1.12 bits per heavy atom. The highest BCUT2D eigenvalue weighted by Gasteiger charge is 2.39. The fraction of sp³-hybridized carbons (Fsp3) is 0.400. The molecule has 1 fully saturated rings. The second-order valence-corrected chi connectivity index (χ2v) is 7.06. The summed E-state index contributed by atoms with van der Waals surface area (Å²) in [4.78, 5) is 26.9. The number of carbonyl (C=O) groups is 1. The number of hydrogen-bond acceptors (Lipinski definition) is 2. The predicted molar refractivity (Wildman–Crippen MR) is 99.0 cm³/mol. The molecule has 3 N–H and O–H groups in total. The number of amides is 2. The summed E-state index contributed by atoms with van der Waals surface area (Å²) in [6.07, 6.45) is 0.958. The van der Waals surface area contributed by atoms with E-state index in [2.05, 4.69) is 47.7 Å². The van der Waals surface area contributed by atoms with Gasteiger partial charge in [-0.15, -0.1) is 0 Å². The summed E-state index contributed by atoms with van der Waals surface area (Å²) in [5, 5.41) is 5.79. The Morgan fingerprint density at radius 2 is 1.88 bits per heavy atom. The van der Waals surface area contributed by atoms with Gasteiger partial charge in [-0.1, -0.05) is 18.2 Å². The molecule has 1 heterocycles. The van der Waals surface area contributed by atoms with Crippen molar-refractivity contribution in [3.8, 4) is 0 Å². The first-order valence-electron chi connectivity index (χ1n) is 8.66. The SMILES string of the molecule is Cc1cc(C)c(CNC(=O)N[C@H]2C[C@@H]2c2ccc(C)c(C)c2)c(=O)[nH]1. The monoisotopic (exact) mass is 339 g/mol. The molecule has 2 aromatic rings. The quantitative estimate of drug-likeness (QED) is 0.801. The molecule has 5 nitrogen and oxygen atoms in total. The Labute approximate surface area is 147 Å². The fourth-order valence-corrected chi connectivity index (χ4v) is 3.21. The summed E-state index contributed by atoms with van der Waals surface area (Å²) in [5.74, 6) is 0.384. The van der Waals surface area contributed by atoms with E-state index in [0.29, 0.717) is 11.5 Å². The first-order chi connectivity index (χ1) is 11.8. The maximum atomic E-state index is 12.1. The number of aryl methyl sites for hydroxylation is 4. The third kappa shape index (κ3) is 3.92. The number of benzene rings is 1. The molecule has 5 heteroatoms. The molecule has 132 valence electrons. The zero-order chi connectivity index (χ0) is 18.1. The standard InChI is InChI=1S/C20H25N3O2/c1-11-5-6-15(8-12(11)2)16-9-18(16)23-20(25)21-10-17-13(3)7-14(4)22-19(17)24/h5-8,16,18H,9-10H2,1-4H3,(H,22,24)(H2,21,23,25)/t16-,18+/m1/s1. The minimum atomic E-state index is -0.226. The van der Waals surface area contributed by atoms with Crippen molar-refractivity contribution in [2.24, 2.45) is 0 Å². The van der Waals surface area contributed by atoms with E-state index in [9.17, 15) is 9.59 Å². The van der Waals surface area contributed by atoms with Crippen LogP contribution in [-0.2, 0) is 6.54 Å². The van der Waals surface area contributed by atoms with Gasteiger partial charge < -0.3 is 15.6 Å². The van der Waals surface area contributed by atoms with Gasteiger partial charge in [0.2, 0.25) is 0 Å². The number of hydrogen-bond donors (Lipinski definition) is 3. The van der Waals surface area contributed by atoms with Crippen LogP contribution in [0, 0.1) is 27.7 Å². The van der Waals surface area contributed by atoms with Crippen LogP contribution in [0.4, 0.5) is 4.79 Å². The highest BCUT2D eigenvalue weighted by Crippen LogP contribution is 2.41.